The zero-order valence-corrected chi connectivity index (χ0v) is 16.4. The van der Waals surface area contributed by atoms with Crippen LogP contribution in [-0.4, -0.2) is 46.6 Å². The molecule has 1 aromatic heterocycles. The number of esters is 2. The summed E-state index contributed by atoms with van der Waals surface area (Å²) < 4.78 is 10.8. The van der Waals surface area contributed by atoms with Gasteiger partial charge < -0.3 is 9.47 Å². The van der Waals surface area contributed by atoms with Crippen LogP contribution < -0.4 is 0 Å². The first-order valence-electron chi connectivity index (χ1n) is 8.88. The molecule has 0 radical (unpaired) electrons. The molecule has 2 saturated heterocycles. The van der Waals surface area contributed by atoms with Crippen LogP contribution in [0.2, 0.25) is 5.15 Å². The van der Waals surface area contributed by atoms with Crippen molar-refractivity contribution in [2.75, 3.05) is 13.7 Å². The van der Waals surface area contributed by atoms with Gasteiger partial charge in [-0.1, -0.05) is 17.7 Å². The van der Waals surface area contributed by atoms with Gasteiger partial charge in [-0.3, -0.25) is 14.5 Å². The normalized spacial score (nSPS) is 28.7. The zero-order chi connectivity index (χ0) is 19.1. The summed E-state index contributed by atoms with van der Waals surface area (Å²) in [5.74, 6) is -1.11. The van der Waals surface area contributed by atoms with Crippen molar-refractivity contribution in [3.05, 3.63) is 29.0 Å². The smallest absolute Gasteiger partial charge is 0.327 e. The third-order valence-electron chi connectivity index (χ3n) is 5.20. The number of halogens is 1. The van der Waals surface area contributed by atoms with Crippen LogP contribution in [0.5, 0.6) is 0 Å². The highest BCUT2D eigenvalue weighted by atomic mass is 35.5. The molecule has 0 unspecified atom stereocenters. The molecule has 0 saturated carbocycles. The predicted octanol–water partition coefficient (Wildman–Crippen LogP) is 3.15. The van der Waals surface area contributed by atoms with Crippen LogP contribution >= 0.6 is 11.6 Å². The molecule has 3 heterocycles. The van der Waals surface area contributed by atoms with Gasteiger partial charge in [-0.25, -0.2) is 4.98 Å². The minimum atomic E-state index is -0.823. The van der Waals surface area contributed by atoms with E-state index in [1.54, 1.807) is 12.3 Å². The van der Waals surface area contributed by atoms with Gasteiger partial charge in [0.05, 0.1) is 19.1 Å². The third kappa shape index (κ3) is 3.21. The minimum absolute atomic E-state index is 0.279. The maximum absolute atomic E-state index is 13.1. The van der Waals surface area contributed by atoms with Crippen molar-refractivity contribution >= 4 is 23.5 Å². The predicted molar refractivity (Wildman–Crippen MR) is 96.6 cm³/mol. The van der Waals surface area contributed by atoms with Crippen LogP contribution in [0.1, 0.15) is 51.6 Å². The van der Waals surface area contributed by atoms with E-state index >= 15 is 0 Å². The number of carbonyl (C=O) groups is 2. The van der Waals surface area contributed by atoms with Crippen molar-refractivity contribution in [1.82, 2.24) is 9.88 Å². The summed E-state index contributed by atoms with van der Waals surface area (Å²) in [6.45, 7) is 6.25. The van der Waals surface area contributed by atoms with E-state index in [0.717, 1.165) is 12.0 Å². The Labute approximate surface area is 158 Å². The van der Waals surface area contributed by atoms with E-state index in [9.17, 15) is 9.59 Å². The molecule has 0 aromatic carbocycles. The second kappa shape index (κ2) is 6.82. The Balaban J connectivity index is 2.04. The highest BCUT2D eigenvalue weighted by molar-refractivity contribution is 6.30. The second-order valence-corrected chi connectivity index (χ2v) is 8.35. The molecule has 142 valence electrons. The molecule has 1 aromatic rings. The number of nitrogens with zero attached hydrogens (tertiary/aromatic N) is 2. The standard InChI is InChI=1S/C19H25ClN2O4/c1-18(2,3)26-17(24)19-8-6-10-22(19)14(13(11-19)16(23)25-4)12-7-5-9-21-15(12)20/h5,7,9,13-14H,6,8,10-11H2,1-4H3/t13-,14-,19+/m0/s1. The Bertz CT molecular complexity index is 718. The summed E-state index contributed by atoms with van der Waals surface area (Å²) in [6, 6.07) is 3.30. The van der Waals surface area contributed by atoms with E-state index in [0.29, 0.717) is 24.5 Å². The van der Waals surface area contributed by atoms with E-state index < -0.39 is 17.1 Å². The Hall–Kier alpha value is -1.66. The van der Waals surface area contributed by atoms with Crippen molar-refractivity contribution in [2.24, 2.45) is 5.92 Å². The average molecular weight is 381 g/mol. The molecule has 0 spiro atoms. The van der Waals surface area contributed by atoms with Gasteiger partial charge in [-0.05, 0) is 52.6 Å². The molecular formula is C19H25ClN2O4. The lowest BCUT2D eigenvalue weighted by Crippen LogP contribution is -2.49. The number of fused-ring (bicyclic) bond motifs is 1. The first-order chi connectivity index (χ1) is 12.2. The van der Waals surface area contributed by atoms with Crippen molar-refractivity contribution in [2.45, 2.75) is 57.2 Å². The van der Waals surface area contributed by atoms with Gasteiger partial charge in [0, 0.05) is 11.8 Å². The van der Waals surface area contributed by atoms with E-state index in [4.69, 9.17) is 21.1 Å². The molecule has 7 heteroatoms. The maximum Gasteiger partial charge on any atom is 0.327 e. The number of aromatic nitrogens is 1. The summed E-state index contributed by atoms with van der Waals surface area (Å²) in [5, 5.41) is 0.346. The number of hydrogen-bond acceptors (Lipinski definition) is 6. The Morgan fingerprint density at radius 1 is 1.38 bits per heavy atom. The number of rotatable bonds is 3. The van der Waals surface area contributed by atoms with Crippen molar-refractivity contribution in [3.8, 4) is 0 Å². The van der Waals surface area contributed by atoms with Gasteiger partial charge in [0.25, 0.3) is 0 Å². The Morgan fingerprint density at radius 3 is 2.73 bits per heavy atom. The van der Waals surface area contributed by atoms with E-state index in [-0.39, 0.29) is 18.0 Å². The molecular weight excluding hydrogens is 356 g/mol. The fourth-order valence-corrected chi connectivity index (χ4v) is 4.49. The molecule has 0 bridgehead atoms. The lowest BCUT2D eigenvalue weighted by molar-refractivity contribution is -0.167. The number of methoxy groups -OCH3 is 1. The Morgan fingerprint density at radius 2 is 2.12 bits per heavy atom. The summed E-state index contributed by atoms with van der Waals surface area (Å²) in [6.07, 6.45) is 3.49. The largest absolute Gasteiger partial charge is 0.469 e. The zero-order valence-electron chi connectivity index (χ0n) is 15.6. The number of ether oxygens (including phenoxy) is 2. The molecule has 6 nitrogen and oxygen atoms in total. The molecule has 0 amide bonds. The number of pyridine rings is 1. The molecule has 2 aliphatic rings. The SMILES string of the molecule is COC(=O)[C@H]1C[C@@]2(C(=O)OC(C)(C)C)CCCN2[C@H]1c1cccnc1Cl. The lowest BCUT2D eigenvalue weighted by atomic mass is 9.87. The van der Waals surface area contributed by atoms with Crippen LogP contribution in [0.25, 0.3) is 0 Å². The van der Waals surface area contributed by atoms with Gasteiger partial charge >= 0.3 is 11.9 Å². The van der Waals surface area contributed by atoms with Gasteiger partial charge in [0.2, 0.25) is 0 Å². The van der Waals surface area contributed by atoms with Crippen LogP contribution in [0.4, 0.5) is 0 Å². The van der Waals surface area contributed by atoms with E-state index in [1.807, 2.05) is 26.8 Å². The maximum atomic E-state index is 13.1. The van der Waals surface area contributed by atoms with Crippen LogP contribution in [0.15, 0.2) is 18.3 Å². The van der Waals surface area contributed by atoms with Crippen LogP contribution in [0, 0.1) is 5.92 Å². The Kier molecular flexibility index (Phi) is 5.01. The molecule has 3 rings (SSSR count). The molecule has 2 fully saturated rings. The molecule has 0 aliphatic carbocycles. The highest BCUT2D eigenvalue weighted by Crippen LogP contribution is 2.53. The molecule has 0 N–H and O–H groups in total. The van der Waals surface area contributed by atoms with E-state index in [2.05, 4.69) is 9.88 Å². The van der Waals surface area contributed by atoms with E-state index in [1.165, 1.54) is 7.11 Å². The summed E-state index contributed by atoms with van der Waals surface area (Å²) >= 11 is 6.33. The molecule has 3 atom stereocenters. The van der Waals surface area contributed by atoms with Gasteiger partial charge in [0.15, 0.2) is 0 Å². The fraction of sp³-hybridized carbons (Fsp3) is 0.632. The second-order valence-electron chi connectivity index (χ2n) is 7.99. The summed E-state index contributed by atoms with van der Waals surface area (Å²) in [5.41, 5.74) is -0.669. The fourth-order valence-electron chi connectivity index (χ4n) is 4.26. The van der Waals surface area contributed by atoms with Crippen molar-refractivity contribution in [1.29, 1.82) is 0 Å². The minimum Gasteiger partial charge on any atom is -0.469 e. The first kappa shape index (κ1) is 19.1. The van der Waals surface area contributed by atoms with Crippen LogP contribution in [0.3, 0.4) is 0 Å². The number of hydrogen-bond donors (Lipinski definition) is 0. The van der Waals surface area contributed by atoms with Gasteiger partial charge in [0.1, 0.15) is 16.3 Å². The van der Waals surface area contributed by atoms with Crippen LogP contribution in [-0.2, 0) is 19.1 Å². The van der Waals surface area contributed by atoms with Gasteiger partial charge in [-0.2, -0.15) is 0 Å². The average Bonchev–Trinajstić information content (AvgIpc) is 3.10. The monoisotopic (exact) mass is 380 g/mol. The molecule has 2 aliphatic heterocycles. The molecule has 26 heavy (non-hydrogen) atoms. The third-order valence-corrected chi connectivity index (χ3v) is 5.52. The quantitative estimate of drug-likeness (QED) is 0.592. The summed E-state index contributed by atoms with van der Waals surface area (Å²) in [4.78, 5) is 31.9. The lowest BCUT2D eigenvalue weighted by Gasteiger charge is -2.35. The topological polar surface area (TPSA) is 68.7 Å². The summed E-state index contributed by atoms with van der Waals surface area (Å²) in [7, 11) is 1.37. The van der Waals surface area contributed by atoms with Crippen molar-refractivity contribution in [3.63, 3.8) is 0 Å². The van der Waals surface area contributed by atoms with Crippen molar-refractivity contribution < 1.29 is 19.1 Å². The number of carbonyl (C=O) groups excluding carboxylic acids is 2. The highest BCUT2D eigenvalue weighted by Gasteiger charge is 2.62. The van der Waals surface area contributed by atoms with Gasteiger partial charge in [-0.15, -0.1) is 0 Å². The first-order valence-corrected chi connectivity index (χ1v) is 9.26.